The summed E-state index contributed by atoms with van der Waals surface area (Å²) in [6.45, 7) is 9.17. The molecule has 108 valence electrons. The standard InChI is InChI=1S/C13H28N2O3/c1-10(2)8-14-12(16)11(3)15-9-13(4,17)6-7-18-5/h10-11,15,17H,6-9H2,1-5H3,(H,14,16). The summed E-state index contributed by atoms with van der Waals surface area (Å²) < 4.78 is 4.93. The van der Waals surface area contributed by atoms with E-state index in [1.807, 2.05) is 13.8 Å². The van der Waals surface area contributed by atoms with Crippen LogP contribution in [-0.2, 0) is 9.53 Å². The number of carbonyl (C=O) groups excluding carboxylic acids is 1. The highest BCUT2D eigenvalue weighted by Crippen LogP contribution is 2.07. The van der Waals surface area contributed by atoms with Crippen LogP contribution in [0.1, 0.15) is 34.1 Å². The maximum Gasteiger partial charge on any atom is 0.236 e. The number of ether oxygens (including phenoxy) is 1. The number of nitrogens with one attached hydrogen (secondary N) is 2. The third-order valence-electron chi connectivity index (χ3n) is 2.71. The summed E-state index contributed by atoms with van der Waals surface area (Å²) in [7, 11) is 1.60. The van der Waals surface area contributed by atoms with Gasteiger partial charge in [-0.2, -0.15) is 0 Å². The second kappa shape index (κ2) is 8.45. The van der Waals surface area contributed by atoms with E-state index in [0.29, 0.717) is 32.0 Å². The van der Waals surface area contributed by atoms with Crippen molar-refractivity contribution < 1.29 is 14.6 Å². The molecule has 0 rings (SSSR count). The molecule has 2 atom stereocenters. The van der Waals surface area contributed by atoms with Crippen molar-refractivity contribution in [1.82, 2.24) is 10.6 Å². The third kappa shape index (κ3) is 8.44. The van der Waals surface area contributed by atoms with Gasteiger partial charge in [0.15, 0.2) is 0 Å². The van der Waals surface area contributed by atoms with E-state index in [1.165, 1.54) is 0 Å². The Morgan fingerprint density at radius 1 is 1.39 bits per heavy atom. The van der Waals surface area contributed by atoms with Crippen LogP contribution < -0.4 is 10.6 Å². The molecule has 0 saturated heterocycles. The van der Waals surface area contributed by atoms with Gasteiger partial charge in [-0.15, -0.1) is 0 Å². The second-order valence-electron chi connectivity index (χ2n) is 5.48. The second-order valence-corrected chi connectivity index (χ2v) is 5.48. The van der Waals surface area contributed by atoms with E-state index < -0.39 is 5.60 Å². The summed E-state index contributed by atoms with van der Waals surface area (Å²) >= 11 is 0. The number of hydrogen-bond acceptors (Lipinski definition) is 4. The number of hydrogen-bond donors (Lipinski definition) is 3. The summed E-state index contributed by atoms with van der Waals surface area (Å²) in [4.78, 5) is 11.7. The fourth-order valence-corrected chi connectivity index (χ4v) is 1.33. The molecule has 0 aliphatic heterocycles. The summed E-state index contributed by atoms with van der Waals surface area (Å²) in [5.41, 5.74) is -0.859. The molecule has 1 amide bonds. The van der Waals surface area contributed by atoms with Crippen LogP contribution in [0.15, 0.2) is 0 Å². The molecule has 0 aromatic carbocycles. The van der Waals surface area contributed by atoms with Crippen LogP contribution in [-0.4, -0.2) is 49.5 Å². The van der Waals surface area contributed by atoms with E-state index in [4.69, 9.17) is 4.74 Å². The molecule has 0 aliphatic rings. The van der Waals surface area contributed by atoms with Crippen LogP contribution in [0.3, 0.4) is 0 Å². The molecule has 0 aliphatic carbocycles. The molecule has 18 heavy (non-hydrogen) atoms. The summed E-state index contributed by atoms with van der Waals surface area (Å²) in [6, 6.07) is -0.308. The van der Waals surface area contributed by atoms with Gasteiger partial charge in [0.1, 0.15) is 0 Å². The van der Waals surface area contributed by atoms with Crippen molar-refractivity contribution in [3.63, 3.8) is 0 Å². The minimum absolute atomic E-state index is 0.0359. The van der Waals surface area contributed by atoms with E-state index in [0.717, 1.165) is 0 Å². The van der Waals surface area contributed by atoms with Gasteiger partial charge in [-0.25, -0.2) is 0 Å². The van der Waals surface area contributed by atoms with E-state index in [1.54, 1.807) is 21.0 Å². The van der Waals surface area contributed by atoms with Crippen molar-refractivity contribution in [2.24, 2.45) is 5.92 Å². The lowest BCUT2D eigenvalue weighted by molar-refractivity contribution is -0.123. The van der Waals surface area contributed by atoms with Gasteiger partial charge in [-0.1, -0.05) is 13.8 Å². The highest BCUT2D eigenvalue weighted by molar-refractivity contribution is 5.81. The number of rotatable bonds is 9. The van der Waals surface area contributed by atoms with Crippen molar-refractivity contribution in [3.05, 3.63) is 0 Å². The molecule has 0 spiro atoms. The number of amides is 1. The van der Waals surface area contributed by atoms with Crippen molar-refractivity contribution in [2.45, 2.75) is 45.8 Å². The smallest absolute Gasteiger partial charge is 0.236 e. The first kappa shape index (κ1) is 17.4. The van der Waals surface area contributed by atoms with Crippen molar-refractivity contribution in [2.75, 3.05) is 26.8 Å². The highest BCUT2D eigenvalue weighted by Gasteiger charge is 2.22. The van der Waals surface area contributed by atoms with E-state index in [-0.39, 0.29) is 11.9 Å². The topological polar surface area (TPSA) is 70.6 Å². The van der Waals surface area contributed by atoms with Gasteiger partial charge in [-0.3, -0.25) is 4.79 Å². The maximum absolute atomic E-state index is 11.7. The van der Waals surface area contributed by atoms with Crippen LogP contribution >= 0.6 is 0 Å². The minimum atomic E-state index is -0.859. The van der Waals surface area contributed by atoms with Gasteiger partial charge in [0, 0.05) is 33.2 Å². The molecule has 0 aromatic heterocycles. The molecule has 0 saturated carbocycles. The Labute approximate surface area is 110 Å². The molecule has 0 aromatic rings. The number of aliphatic hydroxyl groups is 1. The first-order valence-electron chi connectivity index (χ1n) is 6.51. The zero-order valence-electron chi connectivity index (χ0n) is 12.2. The Morgan fingerprint density at radius 2 is 2.00 bits per heavy atom. The van der Waals surface area contributed by atoms with Crippen LogP contribution in [0.5, 0.6) is 0 Å². The Kier molecular flexibility index (Phi) is 8.15. The first-order valence-corrected chi connectivity index (χ1v) is 6.51. The minimum Gasteiger partial charge on any atom is -0.389 e. The average Bonchev–Trinajstić information content (AvgIpc) is 2.30. The summed E-state index contributed by atoms with van der Waals surface area (Å²) in [6.07, 6.45) is 0.539. The Balaban J connectivity index is 3.93. The lowest BCUT2D eigenvalue weighted by Gasteiger charge is -2.25. The summed E-state index contributed by atoms with van der Waals surface area (Å²) in [5, 5.41) is 15.9. The Hall–Kier alpha value is -0.650. The normalized spacial score (nSPS) is 16.4. The molecular weight excluding hydrogens is 232 g/mol. The fourth-order valence-electron chi connectivity index (χ4n) is 1.33. The van der Waals surface area contributed by atoms with Crippen molar-refractivity contribution in [3.8, 4) is 0 Å². The van der Waals surface area contributed by atoms with Crippen LogP contribution in [0.25, 0.3) is 0 Å². The van der Waals surface area contributed by atoms with Crippen molar-refractivity contribution in [1.29, 1.82) is 0 Å². The van der Waals surface area contributed by atoms with Crippen molar-refractivity contribution >= 4 is 5.91 Å². The Bertz CT molecular complexity index is 242. The molecule has 0 radical (unpaired) electrons. The third-order valence-corrected chi connectivity index (χ3v) is 2.71. The zero-order chi connectivity index (χ0) is 14.2. The molecule has 3 N–H and O–H groups in total. The molecule has 5 heteroatoms. The quantitative estimate of drug-likeness (QED) is 0.565. The SMILES string of the molecule is COCCC(C)(O)CNC(C)C(=O)NCC(C)C. The predicted molar refractivity (Wildman–Crippen MR) is 72.4 cm³/mol. The van der Waals surface area contributed by atoms with Gasteiger partial charge in [-0.05, 0) is 19.8 Å². The lowest BCUT2D eigenvalue weighted by atomic mass is 10.0. The van der Waals surface area contributed by atoms with E-state index in [9.17, 15) is 9.90 Å². The van der Waals surface area contributed by atoms with Gasteiger partial charge in [0.2, 0.25) is 5.91 Å². The first-order chi connectivity index (χ1) is 8.28. The van der Waals surface area contributed by atoms with Gasteiger partial charge in [0.05, 0.1) is 11.6 Å². The van der Waals surface area contributed by atoms with Gasteiger partial charge < -0.3 is 20.5 Å². The summed E-state index contributed by atoms with van der Waals surface area (Å²) in [5.74, 6) is 0.400. The lowest BCUT2D eigenvalue weighted by Crippen LogP contribution is -2.48. The molecular formula is C13H28N2O3. The molecule has 5 nitrogen and oxygen atoms in total. The van der Waals surface area contributed by atoms with Crippen LogP contribution in [0, 0.1) is 5.92 Å². The van der Waals surface area contributed by atoms with E-state index in [2.05, 4.69) is 10.6 Å². The zero-order valence-corrected chi connectivity index (χ0v) is 12.2. The van der Waals surface area contributed by atoms with E-state index >= 15 is 0 Å². The highest BCUT2D eigenvalue weighted by atomic mass is 16.5. The predicted octanol–water partition coefficient (Wildman–Crippen LogP) is 0.524. The number of carbonyl (C=O) groups is 1. The largest absolute Gasteiger partial charge is 0.389 e. The van der Waals surface area contributed by atoms with Gasteiger partial charge in [0.25, 0.3) is 0 Å². The molecule has 0 heterocycles. The van der Waals surface area contributed by atoms with Crippen LogP contribution in [0.2, 0.25) is 0 Å². The number of methoxy groups -OCH3 is 1. The fraction of sp³-hybridized carbons (Fsp3) is 0.923. The molecule has 0 bridgehead atoms. The Morgan fingerprint density at radius 3 is 2.50 bits per heavy atom. The maximum atomic E-state index is 11.7. The van der Waals surface area contributed by atoms with Gasteiger partial charge >= 0.3 is 0 Å². The monoisotopic (exact) mass is 260 g/mol. The molecule has 0 fully saturated rings. The van der Waals surface area contributed by atoms with Crippen LogP contribution in [0.4, 0.5) is 0 Å². The molecule has 2 unspecified atom stereocenters. The average molecular weight is 260 g/mol.